The van der Waals surface area contributed by atoms with E-state index in [0.29, 0.717) is 6.42 Å². The first kappa shape index (κ1) is 9.00. The van der Waals surface area contributed by atoms with E-state index in [1.54, 1.807) is 0 Å². The van der Waals surface area contributed by atoms with E-state index in [2.05, 4.69) is 0 Å². The third-order valence-corrected chi connectivity index (χ3v) is 3.37. The summed E-state index contributed by atoms with van der Waals surface area (Å²) < 4.78 is 0. The van der Waals surface area contributed by atoms with E-state index in [0.717, 1.165) is 24.2 Å². The number of carbonyl (C=O) groups is 1. The molecule has 0 amide bonds. The van der Waals surface area contributed by atoms with Gasteiger partial charge in [-0.25, -0.2) is 0 Å². The average molecular weight is 183 g/mol. The second-order valence-electron chi connectivity index (χ2n) is 4.52. The number of hydrogen-bond acceptors (Lipinski definition) is 2. The van der Waals surface area contributed by atoms with Crippen molar-refractivity contribution in [2.24, 2.45) is 23.5 Å². The molecule has 0 bridgehead atoms. The average Bonchev–Trinajstić information content (AvgIpc) is 2.91. The minimum absolute atomic E-state index is 0.638. The number of aliphatic carboxylic acids is 1. The van der Waals surface area contributed by atoms with Gasteiger partial charge in [-0.05, 0) is 49.9 Å². The topological polar surface area (TPSA) is 63.3 Å². The zero-order chi connectivity index (χ0) is 9.42. The molecule has 0 aliphatic heterocycles. The summed E-state index contributed by atoms with van der Waals surface area (Å²) in [7, 11) is 0. The maximum absolute atomic E-state index is 10.4. The summed E-state index contributed by atoms with van der Waals surface area (Å²) in [6.07, 6.45) is 5.83. The second kappa shape index (κ2) is 3.29. The maximum Gasteiger partial charge on any atom is 0.320 e. The van der Waals surface area contributed by atoms with E-state index in [9.17, 15) is 4.79 Å². The summed E-state index contributed by atoms with van der Waals surface area (Å²) in [5, 5.41) is 8.58. The Morgan fingerprint density at radius 3 is 2.77 bits per heavy atom. The molecule has 2 fully saturated rings. The summed E-state index contributed by atoms with van der Waals surface area (Å²) in [4.78, 5) is 10.4. The van der Waals surface area contributed by atoms with Gasteiger partial charge in [-0.3, -0.25) is 4.79 Å². The summed E-state index contributed by atoms with van der Waals surface area (Å²) in [6.45, 7) is 0. The summed E-state index contributed by atoms with van der Waals surface area (Å²) in [5.74, 6) is 1.87. The molecule has 2 unspecified atom stereocenters. The molecule has 74 valence electrons. The third-order valence-electron chi connectivity index (χ3n) is 3.37. The van der Waals surface area contributed by atoms with Crippen LogP contribution in [0.15, 0.2) is 0 Å². The molecule has 0 radical (unpaired) electrons. The van der Waals surface area contributed by atoms with Crippen molar-refractivity contribution in [3.05, 3.63) is 0 Å². The first-order chi connectivity index (χ1) is 6.18. The lowest BCUT2D eigenvalue weighted by Gasteiger charge is -2.04. The van der Waals surface area contributed by atoms with Gasteiger partial charge in [-0.15, -0.1) is 0 Å². The van der Waals surface area contributed by atoms with Crippen LogP contribution < -0.4 is 5.73 Å². The van der Waals surface area contributed by atoms with Gasteiger partial charge in [0.1, 0.15) is 6.04 Å². The molecule has 2 saturated carbocycles. The Balaban J connectivity index is 1.61. The molecule has 0 aromatic rings. The van der Waals surface area contributed by atoms with Gasteiger partial charge >= 0.3 is 5.97 Å². The molecule has 2 aliphatic rings. The van der Waals surface area contributed by atoms with Crippen molar-refractivity contribution in [2.75, 3.05) is 0 Å². The fraction of sp³-hybridized carbons (Fsp3) is 0.900. The van der Waals surface area contributed by atoms with Gasteiger partial charge < -0.3 is 10.8 Å². The van der Waals surface area contributed by atoms with Crippen LogP contribution in [0.5, 0.6) is 0 Å². The molecular formula is C10H17NO2. The van der Waals surface area contributed by atoms with E-state index in [1.165, 1.54) is 19.3 Å². The Morgan fingerprint density at radius 1 is 1.54 bits per heavy atom. The third kappa shape index (κ3) is 2.21. The van der Waals surface area contributed by atoms with Crippen LogP contribution in [-0.4, -0.2) is 17.1 Å². The first-order valence-corrected chi connectivity index (χ1v) is 5.17. The highest BCUT2D eigenvalue weighted by Crippen LogP contribution is 2.55. The molecule has 0 aromatic carbocycles. The molecular weight excluding hydrogens is 166 g/mol. The number of carboxylic acids is 1. The van der Waals surface area contributed by atoms with Crippen LogP contribution >= 0.6 is 0 Å². The number of hydrogen-bond donors (Lipinski definition) is 2. The molecule has 0 saturated heterocycles. The van der Waals surface area contributed by atoms with Crippen LogP contribution in [0.4, 0.5) is 0 Å². The van der Waals surface area contributed by atoms with E-state index in [-0.39, 0.29) is 0 Å². The van der Waals surface area contributed by atoms with Gasteiger partial charge in [0.15, 0.2) is 0 Å². The summed E-state index contributed by atoms with van der Waals surface area (Å²) in [6, 6.07) is -0.638. The van der Waals surface area contributed by atoms with Gasteiger partial charge in [0.2, 0.25) is 0 Å². The largest absolute Gasteiger partial charge is 0.480 e. The van der Waals surface area contributed by atoms with Crippen molar-refractivity contribution >= 4 is 5.97 Å². The van der Waals surface area contributed by atoms with Crippen molar-refractivity contribution < 1.29 is 9.90 Å². The van der Waals surface area contributed by atoms with Gasteiger partial charge in [0.05, 0.1) is 0 Å². The smallest absolute Gasteiger partial charge is 0.320 e. The molecule has 2 aliphatic carbocycles. The minimum atomic E-state index is -0.858. The van der Waals surface area contributed by atoms with Gasteiger partial charge in [-0.1, -0.05) is 0 Å². The zero-order valence-corrected chi connectivity index (χ0v) is 7.78. The van der Waals surface area contributed by atoms with Crippen molar-refractivity contribution in [2.45, 2.75) is 38.1 Å². The number of rotatable bonds is 5. The predicted octanol–water partition coefficient (Wildman–Crippen LogP) is 1.22. The Morgan fingerprint density at radius 2 is 2.23 bits per heavy atom. The summed E-state index contributed by atoms with van der Waals surface area (Å²) >= 11 is 0. The Labute approximate surface area is 78.3 Å². The van der Waals surface area contributed by atoms with Crippen LogP contribution in [0.2, 0.25) is 0 Å². The number of nitrogens with two attached hydrogens (primary N) is 1. The molecule has 0 aromatic heterocycles. The van der Waals surface area contributed by atoms with Gasteiger partial charge in [0, 0.05) is 0 Å². The first-order valence-electron chi connectivity index (χ1n) is 5.17. The monoisotopic (exact) mass is 183 g/mol. The molecule has 3 atom stereocenters. The molecule has 0 spiro atoms. The quantitative estimate of drug-likeness (QED) is 0.673. The lowest BCUT2D eigenvalue weighted by molar-refractivity contribution is -0.138. The molecule has 3 N–H and O–H groups in total. The van der Waals surface area contributed by atoms with Crippen molar-refractivity contribution in [1.29, 1.82) is 0 Å². The van der Waals surface area contributed by atoms with Crippen LogP contribution in [0.3, 0.4) is 0 Å². The fourth-order valence-electron chi connectivity index (χ4n) is 2.22. The van der Waals surface area contributed by atoms with E-state index >= 15 is 0 Å². The highest BCUT2D eigenvalue weighted by atomic mass is 16.4. The molecule has 3 nitrogen and oxygen atoms in total. The van der Waals surface area contributed by atoms with E-state index in [4.69, 9.17) is 10.8 Å². The highest BCUT2D eigenvalue weighted by molar-refractivity contribution is 5.72. The van der Waals surface area contributed by atoms with Crippen LogP contribution in [0, 0.1) is 17.8 Å². The lowest BCUT2D eigenvalue weighted by Crippen LogP contribution is -2.29. The Hall–Kier alpha value is -0.570. The van der Waals surface area contributed by atoms with Gasteiger partial charge in [-0.2, -0.15) is 0 Å². The lowest BCUT2D eigenvalue weighted by atomic mass is 10.1. The zero-order valence-electron chi connectivity index (χ0n) is 7.78. The normalized spacial score (nSPS) is 34.2. The van der Waals surface area contributed by atoms with E-state index < -0.39 is 12.0 Å². The van der Waals surface area contributed by atoms with E-state index in [1.807, 2.05) is 0 Å². The van der Waals surface area contributed by atoms with Gasteiger partial charge in [0.25, 0.3) is 0 Å². The molecule has 3 heteroatoms. The molecule has 2 rings (SSSR count). The molecule has 0 heterocycles. The fourth-order valence-corrected chi connectivity index (χ4v) is 2.22. The van der Waals surface area contributed by atoms with Crippen LogP contribution in [0.1, 0.15) is 32.1 Å². The SMILES string of the molecule is N[C@H](CCC1CC1C1CC1)C(=O)O. The van der Waals surface area contributed by atoms with Crippen LogP contribution in [-0.2, 0) is 4.79 Å². The Kier molecular flexibility index (Phi) is 2.28. The standard InChI is InChI=1S/C10H17NO2/c11-9(10(12)13)4-3-7-5-8(7)6-1-2-6/h6-9H,1-5,11H2,(H,12,13)/t7?,8?,9-/m1/s1. The maximum atomic E-state index is 10.4. The summed E-state index contributed by atoms with van der Waals surface area (Å²) in [5.41, 5.74) is 5.43. The number of carboxylic acid groups (broad SMARTS) is 1. The second-order valence-corrected chi connectivity index (χ2v) is 4.52. The predicted molar refractivity (Wildman–Crippen MR) is 49.2 cm³/mol. The van der Waals surface area contributed by atoms with Crippen LogP contribution in [0.25, 0.3) is 0 Å². The van der Waals surface area contributed by atoms with Crippen molar-refractivity contribution in [1.82, 2.24) is 0 Å². The van der Waals surface area contributed by atoms with Crippen molar-refractivity contribution in [3.63, 3.8) is 0 Å². The molecule has 13 heavy (non-hydrogen) atoms. The Bertz CT molecular complexity index is 213. The van der Waals surface area contributed by atoms with Crippen molar-refractivity contribution in [3.8, 4) is 0 Å². The minimum Gasteiger partial charge on any atom is -0.480 e. The highest BCUT2D eigenvalue weighted by Gasteiger charge is 2.46.